The Bertz CT molecular complexity index is 644. The molecule has 1 aliphatic heterocycles. The van der Waals surface area contributed by atoms with E-state index in [0.717, 1.165) is 24.2 Å². The average Bonchev–Trinajstić information content (AvgIpc) is 2.62. The van der Waals surface area contributed by atoms with Crippen molar-refractivity contribution in [2.24, 2.45) is 0 Å². The first-order valence-corrected chi connectivity index (χ1v) is 8.63. The van der Waals surface area contributed by atoms with Crippen molar-refractivity contribution in [3.8, 4) is 5.75 Å². The molecule has 1 aromatic rings. The maximum absolute atomic E-state index is 12.4. The largest absolute Gasteiger partial charge is 0.497 e. The van der Waals surface area contributed by atoms with Crippen molar-refractivity contribution in [3.05, 3.63) is 54.1 Å². The molecule has 0 radical (unpaired) electrons. The Kier molecular flexibility index (Phi) is 7.26. The van der Waals surface area contributed by atoms with E-state index in [1.165, 1.54) is 6.08 Å². The third kappa shape index (κ3) is 6.10. The van der Waals surface area contributed by atoms with Gasteiger partial charge in [0, 0.05) is 25.2 Å². The van der Waals surface area contributed by atoms with Gasteiger partial charge in [-0.15, -0.1) is 0 Å². The fraction of sp³-hybridized carbons (Fsp3) is 0.400. The molecule has 134 valence electrons. The van der Waals surface area contributed by atoms with Crippen LogP contribution in [-0.2, 0) is 16.0 Å². The lowest BCUT2D eigenvalue weighted by Crippen LogP contribution is -2.46. The maximum atomic E-state index is 12.4. The molecule has 1 N–H and O–H groups in total. The number of allylic oxidation sites excluding steroid dienone is 3. The third-order valence-corrected chi connectivity index (χ3v) is 4.23. The second-order valence-electron chi connectivity index (χ2n) is 6.08. The predicted molar refractivity (Wildman–Crippen MR) is 98.4 cm³/mol. The minimum atomic E-state index is -0.0840. The Morgan fingerprint density at radius 3 is 2.72 bits per heavy atom. The summed E-state index contributed by atoms with van der Waals surface area (Å²) in [5.74, 6) is 0.794. The zero-order valence-corrected chi connectivity index (χ0v) is 14.9. The Labute approximate surface area is 149 Å². The summed E-state index contributed by atoms with van der Waals surface area (Å²) in [6.07, 6.45) is 8.89. The van der Waals surface area contributed by atoms with Crippen molar-refractivity contribution >= 4 is 11.8 Å². The van der Waals surface area contributed by atoms with Gasteiger partial charge in [-0.2, -0.15) is 0 Å². The third-order valence-electron chi connectivity index (χ3n) is 4.23. The van der Waals surface area contributed by atoms with E-state index in [0.29, 0.717) is 19.5 Å². The fourth-order valence-corrected chi connectivity index (χ4v) is 2.85. The molecule has 0 unspecified atom stereocenters. The minimum Gasteiger partial charge on any atom is -0.497 e. The van der Waals surface area contributed by atoms with Gasteiger partial charge >= 0.3 is 0 Å². The Hall–Kier alpha value is -2.56. The fourth-order valence-electron chi connectivity index (χ4n) is 2.85. The number of hydrogen-bond acceptors (Lipinski definition) is 3. The van der Waals surface area contributed by atoms with Crippen LogP contribution in [0, 0.1) is 0 Å². The molecule has 25 heavy (non-hydrogen) atoms. The highest BCUT2D eigenvalue weighted by atomic mass is 16.5. The van der Waals surface area contributed by atoms with Gasteiger partial charge in [0.25, 0.3) is 0 Å². The van der Waals surface area contributed by atoms with E-state index in [1.54, 1.807) is 13.2 Å². The molecule has 0 aromatic heterocycles. The van der Waals surface area contributed by atoms with E-state index in [2.05, 4.69) is 5.32 Å². The summed E-state index contributed by atoms with van der Waals surface area (Å²) >= 11 is 0. The quantitative estimate of drug-likeness (QED) is 0.638. The topological polar surface area (TPSA) is 58.6 Å². The number of carbonyl (C=O) groups is 2. The van der Waals surface area contributed by atoms with E-state index in [-0.39, 0.29) is 17.9 Å². The van der Waals surface area contributed by atoms with E-state index in [9.17, 15) is 9.59 Å². The molecule has 1 heterocycles. The van der Waals surface area contributed by atoms with Crippen LogP contribution in [0.2, 0.25) is 0 Å². The Balaban J connectivity index is 1.79. The van der Waals surface area contributed by atoms with Crippen molar-refractivity contribution in [1.82, 2.24) is 10.2 Å². The number of piperidine rings is 1. The van der Waals surface area contributed by atoms with Crippen LogP contribution >= 0.6 is 0 Å². The second kappa shape index (κ2) is 9.67. The summed E-state index contributed by atoms with van der Waals surface area (Å²) in [5.41, 5.74) is 0.953. The summed E-state index contributed by atoms with van der Waals surface area (Å²) in [5, 5.41) is 2.99. The molecule has 1 aromatic carbocycles. The van der Waals surface area contributed by atoms with Crippen molar-refractivity contribution in [2.75, 3.05) is 20.2 Å². The lowest BCUT2D eigenvalue weighted by Gasteiger charge is -2.32. The lowest BCUT2D eigenvalue weighted by molar-refractivity contribution is -0.131. The molecule has 1 fully saturated rings. The number of hydrogen-bond donors (Lipinski definition) is 1. The number of nitrogens with zero attached hydrogens (tertiary/aromatic N) is 1. The normalized spacial score (nSPS) is 15.7. The van der Waals surface area contributed by atoms with Crippen LogP contribution in [-0.4, -0.2) is 43.0 Å². The van der Waals surface area contributed by atoms with Crippen LogP contribution in [0.3, 0.4) is 0 Å². The lowest BCUT2D eigenvalue weighted by atomic mass is 10.0. The van der Waals surface area contributed by atoms with Gasteiger partial charge in [-0.25, -0.2) is 0 Å². The van der Waals surface area contributed by atoms with E-state index < -0.39 is 0 Å². The number of rotatable bonds is 6. The van der Waals surface area contributed by atoms with Crippen molar-refractivity contribution in [2.45, 2.75) is 32.2 Å². The van der Waals surface area contributed by atoms with Crippen molar-refractivity contribution < 1.29 is 14.3 Å². The summed E-state index contributed by atoms with van der Waals surface area (Å²) in [4.78, 5) is 26.1. The van der Waals surface area contributed by atoms with E-state index in [1.807, 2.05) is 48.2 Å². The SMILES string of the molecule is C/C=C/C=C/C(=O)NC1CCN(C(=O)Cc2cccc(OC)c2)CC1. The zero-order chi connectivity index (χ0) is 18.1. The molecule has 0 aliphatic carbocycles. The van der Waals surface area contributed by atoms with E-state index in [4.69, 9.17) is 4.74 Å². The smallest absolute Gasteiger partial charge is 0.244 e. The molecule has 1 aliphatic rings. The van der Waals surface area contributed by atoms with Gasteiger partial charge in [0.1, 0.15) is 5.75 Å². The summed E-state index contributed by atoms with van der Waals surface area (Å²) in [6, 6.07) is 7.72. The molecular weight excluding hydrogens is 316 g/mol. The molecule has 0 saturated carbocycles. The second-order valence-corrected chi connectivity index (χ2v) is 6.08. The number of benzene rings is 1. The predicted octanol–water partition coefficient (Wildman–Crippen LogP) is 2.48. The molecule has 5 nitrogen and oxygen atoms in total. The first-order chi connectivity index (χ1) is 12.1. The molecule has 1 saturated heterocycles. The number of amides is 2. The molecule has 2 amide bonds. The van der Waals surface area contributed by atoms with Crippen LogP contribution in [0.25, 0.3) is 0 Å². The highest BCUT2D eigenvalue weighted by Gasteiger charge is 2.23. The summed E-state index contributed by atoms with van der Waals surface area (Å²) in [7, 11) is 1.62. The van der Waals surface area contributed by atoms with Gasteiger partial charge in [0.2, 0.25) is 11.8 Å². The summed E-state index contributed by atoms with van der Waals surface area (Å²) < 4.78 is 5.19. The van der Waals surface area contributed by atoms with Crippen molar-refractivity contribution in [3.63, 3.8) is 0 Å². The van der Waals surface area contributed by atoms with Gasteiger partial charge < -0.3 is 15.0 Å². The summed E-state index contributed by atoms with van der Waals surface area (Å²) in [6.45, 7) is 3.25. The molecule has 5 heteroatoms. The molecule has 2 rings (SSSR count). The minimum absolute atomic E-state index is 0.0840. The molecule has 0 bridgehead atoms. The number of likely N-dealkylation sites (tertiary alicyclic amines) is 1. The van der Waals surface area contributed by atoms with Gasteiger partial charge in [-0.1, -0.05) is 30.4 Å². The van der Waals surface area contributed by atoms with Gasteiger partial charge in [0.05, 0.1) is 13.5 Å². The number of carbonyl (C=O) groups excluding carboxylic acids is 2. The number of ether oxygens (including phenoxy) is 1. The zero-order valence-electron chi connectivity index (χ0n) is 14.9. The van der Waals surface area contributed by atoms with Crippen LogP contribution in [0.1, 0.15) is 25.3 Å². The first-order valence-electron chi connectivity index (χ1n) is 8.63. The average molecular weight is 342 g/mol. The number of nitrogens with one attached hydrogen (secondary N) is 1. The van der Waals surface area contributed by atoms with Crippen LogP contribution in [0.4, 0.5) is 0 Å². The molecule has 0 spiro atoms. The van der Waals surface area contributed by atoms with Crippen LogP contribution < -0.4 is 10.1 Å². The monoisotopic (exact) mass is 342 g/mol. The Morgan fingerprint density at radius 1 is 1.28 bits per heavy atom. The van der Waals surface area contributed by atoms with Gasteiger partial charge in [-0.05, 0) is 37.5 Å². The van der Waals surface area contributed by atoms with Gasteiger partial charge in [0.15, 0.2) is 0 Å². The first kappa shape index (κ1) is 18.8. The molecule has 0 atom stereocenters. The highest BCUT2D eigenvalue weighted by Crippen LogP contribution is 2.16. The van der Waals surface area contributed by atoms with Crippen LogP contribution in [0.5, 0.6) is 5.75 Å². The highest BCUT2D eigenvalue weighted by molar-refractivity contribution is 5.88. The number of methoxy groups -OCH3 is 1. The maximum Gasteiger partial charge on any atom is 0.244 e. The molecular formula is C20H26N2O3. The van der Waals surface area contributed by atoms with Gasteiger partial charge in [-0.3, -0.25) is 9.59 Å². The van der Waals surface area contributed by atoms with E-state index >= 15 is 0 Å². The Morgan fingerprint density at radius 2 is 2.04 bits per heavy atom. The standard InChI is InChI=1S/C20H26N2O3/c1-3-4-5-9-19(23)21-17-10-12-22(13-11-17)20(24)15-16-7-6-8-18(14-16)25-2/h3-9,14,17H,10-13,15H2,1-2H3,(H,21,23)/b4-3+,9-5+. The van der Waals surface area contributed by atoms with Crippen molar-refractivity contribution in [1.29, 1.82) is 0 Å². The van der Waals surface area contributed by atoms with Crippen LogP contribution in [0.15, 0.2) is 48.6 Å².